The molecule has 0 aromatic carbocycles. The van der Waals surface area contributed by atoms with E-state index in [1.807, 2.05) is 0 Å². The Kier molecular flexibility index (Phi) is 2.04. The molecule has 0 bridgehead atoms. The van der Waals surface area contributed by atoms with Crippen molar-refractivity contribution in [1.82, 2.24) is 0 Å². The predicted octanol–water partition coefficient (Wildman–Crippen LogP) is 1.93. The maximum Gasteiger partial charge on any atom is 0.145 e. The van der Waals surface area contributed by atoms with E-state index in [0.717, 1.165) is 18.3 Å². The van der Waals surface area contributed by atoms with Gasteiger partial charge in [0.1, 0.15) is 6.29 Å². The zero-order valence-electron chi connectivity index (χ0n) is 5.76. The highest BCUT2D eigenvalue weighted by Gasteiger charge is 2.07. The van der Waals surface area contributed by atoms with Gasteiger partial charge in [-0.15, -0.1) is 0 Å². The standard InChI is InChI=1S/C8H12O/c1-7-3-2-4-8(5-7)6-9/h5-7H,2-4H2,1H3/t7-/m0/s1. The minimum absolute atomic E-state index is 0.624. The molecule has 1 atom stereocenters. The number of carbonyl (C=O) groups is 1. The Labute approximate surface area is 55.8 Å². The van der Waals surface area contributed by atoms with E-state index in [1.54, 1.807) is 0 Å². The maximum absolute atomic E-state index is 10.2. The van der Waals surface area contributed by atoms with E-state index in [4.69, 9.17) is 0 Å². The summed E-state index contributed by atoms with van der Waals surface area (Å²) in [6.07, 6.45) is 6.49. The van der Waals surface area contributed by atoms with Crippen LogP contribution in [0, 0.1) is 5.92 Å². The number of aldehydes is 1. The van der Waals surface area contributed by atoms with Crippen molar-refractivity contribution >= 4 is 6.29 Å². The van der Waals surface area contributed by atoms with Crippen LogP contribution in [-0.4, -0.2) is 6.29 Å². The third-order valence-corrected chi connectivity index (χ3v) is 1.77. The molecule has 1 aliphatic carbocycles. The first-order valence-corrected chi connectivity index (χ1v) is 3.49. The molecule has 1 aliphatic rings. The van der Waals surface area contributed by atoms with Crippen molar-refractivity contribution in [2.45, 2.75) is 26.2 Å². The Morgan fingerprint density at radius 2 is 2.56 bits per heavy atom. The van der Waals surface area contributed by atoms with Gasteiger partial charge in [0, 0.05) is 0 Å². The summed E-state index contributed by atoms with van der Waals surface area (Å²) in [5, 5.41) is 0. The molecule has 1 rings (SSSR count). The molecule has 0 radical (unpaired) electrons. The highest BCUT2D eigenvalue weighted by atomic mass is 16.1. The summed E-state index contributed by atoms with van der Waals surface area (Å²) in [7, 11) is 0. The number of rotatable bonds is 1. The molecule has 9 heavy (non-hydrogen) atoms. The van der Waals surface area contributed by atoms with Crippen LogP contribution in [0.15, 0.2) is 11.6 Å². The van der Waals surface area contributed by atoms with Gasteiger partial charge in [0.2, 0.25) is 0 Å². The molecule has 0 aliphatic heterocycles. The highest BCUT2D eigenvalue weighted by Crippen LogP contribution is 2.20. The molecule has 1 heteroatoms. The van der Waals surface area contributed by atoms with Gasteiger partial charge >= 0.3 is 0 Å². The molecule has 0 amide bonds. The predicted molar refractivity (Wildman–Crippen MR) is 37.2 cm³/mol. The van der Waals surface area contributed by atoms with Crippen LogP contribution in [0.1, 0.15) is 26.2 Å². The Bertz CT molecular complexity index is 136. The van der Waals surface area contributed by atoms with Crippen LogP contribution < -0.4 is 0 Å². The first kappa shape index (κ1) is 6.53. The summed E-state index contributed by atoms with van der Waals surface area (Å²) < 4.78 is 0. The van der Waals surface area contributed by atoms with Crippen LogP contribution in [0.2, 0.25) is 0 Å². The minimum Gasteiger partial charge on any atom is -0.298 e. The van der Waals surface area contributed by atoms with Crippen molar-refractivity contribution in [1.29, 1.82) is 0 Å². The third kappa shape index (κ3) is 1.67. The van der Waals surface area contributed by atoms with Gasteiger partial charge in [0.05, 0.1) is 0 Å². The normalized spacial score (nSPS) is 27.2. The lowest BCUT2D eigenvalue weighted by Crippen LogP contribution is -2.00. The topological polar surface area (TPSA) is 17.1 Å². The number of hydrogen-bond donors (Lipinski definition) is 0. The zero-order valence-corrected chi connectivity index (χ0v) is 5.76. The van der Waals surface area contributed by atoms with E-state index in [0.29, 0.717) is 5.92 Å². The van der Waals surface area contributed by atoms with E-state index >= 15 is 0 Å². The second-order valence-electron chi connectivity index (χ2n) is 2.73. The summed E-state index contributed by atoms with van der Waals surface area (Å²) in [6.45, 7) is 2.16. The average molecular weight is 124 g/mol. The maximum atomic E-state index is 10.2. The molecule has 0 aromatic rings. The van der Waals surface area contributed by atoms with E-state index in [2.05, 4.69) is 13.0 Å². The van der Waals surface area contributed by atoms with Gasteiger partial charge in [0.25, 0.3) is 0 Å². The van der Waals surface area contributed by atoms with Crippen LogP contribution in [0.25, 0.3) is 0 Å². The average Bonchev–Trinajstić information content (AvgIpc) is 1.88. The van der Waals surface area contributed by atoms with E-state index in [1.165, 1.54) is 12.8 Å². The van der Waals surface area contributed by atoms with Crippen molar-refractivity contribution in [2.75, 3.05) is 0 Å². The lowest BCUT2D eigenvalue weighted by atomic mass is 9.93. The molecular formula is C8H12O. The van der Waals surface area contributed by atoms with Crippen LogP contribution in [-0.2, 0) is 4.79 Å². The molecule has 0 unspecified atom stereocenters. The molecule has 50 valence electrons. The van der Waals surface area contributed by atoms with Crippen molar-refractivity contribution in [3.8, 4) is 0 Å². The van der Waals surface area contributed by atoms with Gasteiger partial charge in [-0.3, -0.25) is 4.79 Å². The fourth-order valence-corrected chi connectivity index (χ4v) is 1.26. The zero-order chi connectivity index (χ0) is 6.69. The van der Waals surface area contributed by atoms with Crippen molar-refractivity contribution < 1.29 is 4.79 Å². The van der Waals surface area contributed by atoms with Crippen molar-refractivity contribution in [2.24, 2.45) is 5.92 Å². The summed E-state index contributed by atoms with van der Waals surface area (Å²) in [4.78, 5) is 10.2. The quantitative estimate of drug-likeness (QED) is 0.488. The molecule has 0 saturated carbocycles. The largest absolute Gasteiger partial charge is 0.298 e. The second kappa shape index (κ2) is 2.81. The van der Waals surface area contributed by atoms with E-state index in [9.17, 15) is 4.79 Å². The number of hydrogen-bond acceptors (Lipinski definition) is 1. The van der Waals surface area contributed by atoms with Gasteiger partial charge in [-0.2, -0.15) is 0 Å². The van der Waals surface area contributed by atoms with Gasteiger partial charge in [0.15, 0.2) is 0 Å². The molecule has 0 heterocycles. The Morgan fingerprint density at radius 1 is 1.78 bits per heavy atom. The second-order valence-corrected chi connectivity index (χ2v) is 2.73. The van der Waals surface area contributed by atoms with Gasteiger partial charge in [-0.1, -0.05) is 13.0 Å². The van der Waals surface area contributed by atoms with Crippen LogP contribution >= 0.6 is 0 Å². The molecular weight excluding hydrogens is 112 g/mol. The van der Waals surface area contributed by atoms with Crippen LogP contribution in [0.3, 0.4) is 0 Å². The molecule has 0 fully saturated rings. The number of carbonyl (C=O) groups excluding carboxylic acids is 1. The SMILES string of the molecule is C[C@@H]1C=C(C=O)CCC1. The summed E-state index contributed by atoms with van der Waals surface area (Å²) in [5.74, 6) is 0.624. The highest BCUT2D eigenvalue weighted by molar-refractivity contribution is 5.73. The Hall–Kier alpha value is -0.590. The van der Waals surface area contributed by atoms with Gasteiger partial charge in [-0.05, 0) is 30.8 Å². The lowest BCUT2D eigenvalue weighted by molar-refractivity contribution is -0.105. The molecule has 0 aromatic heterocycles. The van der Waals surface area contributed by atoms with Crippen molar-refractivity contribution in [3.05, 3.63) is 11.6 Å². The fraction of sp³-hybridized carbons (Fsp3) is 0.625. The Balaban J connectivity index is 2.59. The minimum atomic E-state index is 0.624. The van der Waals surface area contributed by atoms with Crippen LogP contribution in [0.4, 0.5) is 0 Å². The monoisotopic (exact) mass is 124 g/mol. The third-order valence-electron chi connectivity index (χ3n) is 1.77. The smallest absolute Gasteiger partial charge is 0.145 e. The Morgan fingerprint density at radius 3 is 3.00 bits per heavy atom. The summed E-state index contributed by atoms with van der Waals surface area (Å²) in [6, 6.07) is 0. The molecule has 0 N–H and O–H groups in total. The first-order chi connectivity index (χ1) is 4.33. The molecule has 0 spiro atoms. The molecule has 1 nitrogen and oxygen atoms in total. The number of allylic oxidation sites excluding steroid dienone is 2. The summed E-state index contributed by atoms with van der Waals surface area (Å²) >= 11 is 0. The van der Waals surface area contributed by atoms with Crippen molar-refractivity contribution in [3.63, 3.8) is 0 Å². The fourth-order valence-electron chi connectivity index (χ4n) is 1.26. The molecule has 0 saturated heterocycles. The lowest BCUT2D eigenvalue weighted by Gasteiger charge is -2.12. The van der Waals surface area contributed by atoms with Crippen LogP contribution in [0.5, 0.6) is 0 Å². The van der Waals surface area contributed by atoms with Gasteiger partial charge < -0.3 is 0 Å². The van der Waals surface area contributed by atoms with E-state index in [-0.39, 0.29) is 0 Å². The summed E-state index contributed by atoms with van der Waals surface area (Å²) in [5.41, 5.74) is 0.994. The van der Waals surface area contributed by atoms with E-state index < -0.39 is 0 Å². The first-order valence-electron chi connectivity index (χ1n) is 3.49. The van der Waals surface area contributed by atoms with Gasteiger partial charge in [-0.25, -0.2) is 0 Å².